The van der Waals surface area contributed by atoms with Gasteiger partial charge in [-0.15, -0.1) is 0 Å². The van der Waals surface area contributed by atoms with Gasteiger partial charge in [0.25, 0.3) is 0 Å². The third-order valence-corrected chi connectivity index (χ3v) is 5.45. The van der Waals surface area contributed by atoms with E-state index in [2.05, 4.69) is 34.5 Å². The minimum Gasteiger partial charge on any atom is -0.378 e. The Bertz CT molecular complexity index is 470. The van der Waals surface area contributed by atoms with Gasteiger partial charge in [0.1, 0.15) is 0 Å². The van der Waals surface area contributed by atoms with E-state index in [1.54, 1.807) is 0 Å². The molecule has 1 aromatic rings. The van der Waals surface area contributed by atoms with Crippen LogP contribution in [0.4, 0.5) is 5.69 Å². The molecule has 0 bridgehead atoms. The van der Waals surface area contributed by atoms with Crippen molar-refractivity contribution < 1.29 is 4.74 Å². The number of nitrogens with one attached hydrogen (secondary N) is 1. The Morgan fingerprint density at radius 1 is 1.10 bits per heavy atom. The van der Waals surface area contributed by atoms with Crippen molar-refractivity contribution in [2.45, 2.75) is 32.2 Å². The van der Waals surface area contributed by atoms with Crippen molar-refractivity contribution in [3.05, 3.63) is 29.8 Å². The van der Waals surface area contributed by atoms with E-state index < -0.39 is 0 Å². The first kappa shape index (κ1) is 13.6. The molecule has 1 aromatic carbocycles. The SMILES string of the molecule is c1cc(N2CCOCC2)ccc1CNCC1(C2CC2)CC1. The minimum absolute atomic E-state index is 0.702. The van der Waals surface area contributed by atoms with E-state index in [1.807, 2.05) is 0 Å². The average Bonchev–Trinajstić information content (AvgIpc) is 3.42. The second-order valence-corrected chi connectivity index (χ2v) is 7.01. The Morgan fingerprint density at radius 2 is 1.81 bits per heavy atom. The van der Waals surface area contributed by atoms with Gasteiger partial charge in [0, 0.05) is 31.9 Å². The Labute approximate surface area is 127 Å². The molecule has 0 atom stereocenters. The molecule has 2 aliphatic carbocycles. The van der Waals surface area contributed by atoms with Crippen molar-refractivity contribution in [2.24, 2.45) is 11.3 Å². The number of benzene rings is 1. The molecule has 1 aliphatic heterocycles. The number of ether oxygens (including phenoxy) is 1. The maximum absolute atomic E-state index is 5.41. The molecule has 0 radical (unpaired) electrons. The maximum atomic E-state index is 5.41. The van der Waals surface area contributed by atoms with Crippen LogP contribution in [0.5, 0.6) is 0 Å². The van der Waals surface area contributed by atoms with Crippen LogP contribution in [0.3, 0.4) is 0 Å². The largest absolute Gasteiger partial charge is 0.378 e. The van der Waals surface area contributed by atoms with Crippen LogP contribution in [-0.4, -0.2) is 32.8 Å². The maximum Gasteiger partial charge on any atom is 0.0642 e. The molecular formula is C18H26N2O. The van der Waals surface area contributed by atoms with Crippen LogP contribution in [0.2, 0.25) is 0 Å². The predicted molar refractivity (Wildman–Crippen MR) is 85.6 cm³/mol. The van der Waals surface area contributed by atoms with Crippen LogP contribution in [-0.2, 0) is 11.3 Å². The van der Waals surface area contributed by atoms with E-state index in [4.69, 9.17) is 4.74 Å². The highest BCUT2D eigenvalue weighted by atomic mass is 16.5. The van der Waals surface area contributed by atoms with Gasteiger partial charge in [-0.3, -0.25) is 0 Å². The fourth-order valence-electron chi connectivity index (χ4n) is 3.69. The van der Waals surface area contributed by atoms with Gasteiger partial charge in [0.05, 0.1) is 13.2 Å². The third-order valence-electron chi connectivity index (χ3n) is 5.45. The van der Waals surface area contributed by atoms with Crippen LogP contribution < -0.4 is 10.2 Å². The molecule has 1 N–H and O–H groups in total. The number of anilines is 1. The summed E-state index contributed by atoms with van der Waals surface area (Å²) in [6, 6.07) is 9.06. The lowest BCUT2D eigenvalue weighted by Gasteiger charge is -2.29. The number of rotatable bonds is 6. The van der Waals surface area contributed by atoms with Gasteiger partial charge >= 0.3 is 0 Å². The highest BCUT2D eigenvalue weighted by Crippen LogP contribution is 2.60. The van der Waals surface area contributed by atoms with E-state index >= 15 is 0 Å². The molecule has 114 valence electrons. The number of hydrogen-bond acceptors (Lipinski definition) is 3. The second kappa shape index (κ2) is 5.62. The molecule has 4 rings (SSSR count). The highest BCUT2D eigenvalue weighted by molar-refractivity contribution is 5.47. The summed E-state index contributed by atoms with van der Waals surface area (Å²) in [5.74, 6) is 1.05. The monoisotopic (exact) mass is 286 g/mol. The van der Waals surface area contributed by atoms with E-state index in [1.165, 1.54) is 43.5 Å². The molecule has 21 heavy (non-hydrogen) atoms. The molecule has 0 unspecified atom stereocenters. The number of morpholine rings is 1. The van der Waals surface area contributed by atoms with Crippen molar-refractivity contribution in [1.29, 1.82) is 0 Å². The van der Waals surface area contributed by atoms with Gasteiger partial charge in [-0.05, 0) is 54.7 Å². The molecule has 3 nitrogen and oxygen atoms in total. The lowest BCUT2D eigenvalue weighted by atomic mass is 10.0. The quantitative estimate of drug-likeness (QED) is 0.870. The first-order valence-electron chi connectivity index (χ1n) is 8.48. The zero-order valence-electron chi connectivity index (χ0n) is 12.8. The molecule has 3 aliphatic rings. The van der Waals surface area contributed by atoms with Gasteiger partial charge in [-0.2, -0.15) is 0 Å². The fraction of sp³-hybridized carbons (Fsp3) is 0.667. The average molecular weight is 286 g/mol. The van der Waals surface area contributed by atoms with Gasteiger partial charge in [-0.1, -0.05) is 12.1 Å². The molecule has 0 amide bonds. The van der Waals surface area contributed by atoms with Gasteiger partial charge < -0.3 is 15.0 Å². The lowest BCUT2D eigenvalue weighted by Crippen LogP contribution is -2.36. The minimum atomic E-state index is 0.702. The Balaban J connectivity index is 1.27. The van der Waals surface area contributed by atoms with Crippen LogP contribution >= 0.6 is 0 Å². The molecule has 2 saturated carbocycles. The van der Waals surface area contributed by atoms with Crippen LogP contribution in [0.15, 0.2) is 24.3 Å². The molecule has 0 spiro atoms. The van der Waals surface area contributed by atoms with Crippen molar-refractivity contribution in [3.63, 3.8) is 0 Å². The Morgan fingerprint density at radius 3 is 2.43 bits per heavy atom. The summed E-state index contributed by atoms with van der Waals surface area (Å²) in [6.45, 7) is 5.98. The zero-order valence-corrected chi connectivity index (χ0v) is 12.8. The smallest absolute Gasteiger partial charge is 0.0642 e. The van der Waals surface area contributed by atoms with E-state index in [0.717, 1.165) is 38.8 Å². The number of nitrogens with zero attached hydrogens (tertiary/aromatic N) is 1. The van der Waals surface area contributed by atoms with Crippen molar-refractivity contribution >= 4 is 5.69 Å². The Hall–Kier alpha value is -1.06. The predicted octanol–water partition coefficient (Wildman–Crippen LogP) is 2.80. The van der Waals surface area contributed by atoms with E-state index in [-0.39, 0.29) is 0 Å². The summed E-state index contributed by atoms with van der Waals surface area (Å²) < 4.78 is 5.41. The van der Waals surface area contributed by atoms with Gasteiger partial charge in [0.2, 0.25) is 0 Å². The first-order chi connectivity index (χ1) is 10.4. The van der Waals surface area contributed by atoms with Crippen LogP contribution in [0, 0.1) is 11.3 Å². The third kappa shape index (κ3) is 3.09. The number of hydrogen-bond donors (Lipinski definition) is 1. The molecule has 0 aromatic heterocycles. The molecule has 3 heteroatoms. The zero-order chi connectivity index (χ0) is 14.1. The van der Waals surface area contributed by atoms with Crippen LogP contribution in [0.1, 0.15) is 31.2 Å². The van der Waals surface area contributed by atoms with Crippen molar-refractivity contribution in [3.8, 4) is 0 Å². The van der Waals surface area contributed by atoms with E-state index in [9.17, 15) is 0 Å². The standard InChI is InChI=1S/C18H26N2O/c1-5-17(20-9-11-21-12-10-20)6-2-15(1)13-19-14-18(7-8-18)16-3-4-16/h1-2,5-6,16,19H,3-4,7-14H2. The normalized spacial score (nSPS) is 24.1. The fourth-order valence-corrected chi connectivity index (χ4v) is 3.69. The van der Waals surface area contributed by atoms with Crippen LogP contribution in [0.25, 0.3) is 0 Å². The summed E-state index contributed by atoms with van der Waals surface area (Å²) in [7, 11) is 0. The second-order valence-electron chi connectivity index (χ2n) is 7.01. The summed E-state index contributed by atoms with van der Waals surface area (Å²) in [5, 5.41) is 3.69. The summed E-state index contributed by atoms with van der Waals surface area (Å²) in [6.07, 6.45) is 5.88. The van der Waals surface area contributed by atoms with E-state index in [0.29, 0.717) is 5.41 Å². The first-order valence-corrected chi connectivity index (χ1v) is 8.48. The van der Waals surface area contributed by atoms with Gasteiger partial charge in [0.15, 0.2) is 0 Å². The molecule has 1 heterocycles. The molecule has 3 fully saturated rings. The molecule has 1 saturated heterocycles. The Kier molecular flexibility index (Phi) is 3.64. The highest BCUT2D eigenvalue weighted by Gasteiger charge is 2.53. The lowest BCUT2D eigenvalue weighted by molar-refractivity contribution is 0.122. The van der Waals surface area contributed by atoms with Gasteiger partial charge in [-0.25, -0.2) is 0 Å². The summed E-state index contributed by atoms with van der Waals surface area (Å²) >= 11 is 0. The summed E-state index contributed by atoms with van der Waals surface area (Å²) in [5.41, 5.74) is 3.44. The summed E-state index contributed by atoms with van der Waals surface area (Å²) in [4.78, 5) is 2.41. The molecular weight excluding hydrogens is 260 g/mol. The van der Waals surface area contributed by atoms with Crippen molar-refractivity contribution in [2.75, 3.05) is 37.7 Å². The topological polar surface area (TPSA) is 24.5 Å². The van der Waals surface area contributed by atoms with Crippen molar-refractivity contribution in [1.82, 2.24) is 5.32 Å².